The van der Waals surface area contributed by atoms with E-state index in [-0.39, 0.29) is 17.6 Å². The van der Waals surface area contributed by atoms with Crippen LogP contribution < -0.4 is 10.6 Å². The summed E-state index contributed by atoms with van der Waals surface area (Å²) < 4.78 is 5.57. The molecule has 3 aromatic carbocycles. The van der Waals surface area contributed by atoms with Gasteiger partial charge in [0.05, 0.1) is 0 Å². The molecule has 0 aliphatic heterocycles. The van der Waals surface area contributed by atoms with Crippen molar-refractivity contribution in [2.24, 2.45) is 0 Å². The lowest BCUT2D eigenvalue weighted by Crippen LogP contribution is -2.13. The van der Waals surface area contributed by atoms with E-state index >= 15 is 0 Å². The fourth-order valence-electron chi connectivity index (χ4n) is 2.75. The van der Waals surface area contributed by atoms with E-state index < -0.39 is 0 Å². The minimum atomic E-state index is -0.349. The van der Waals surface area contributed by atoms with Crippen molar-refractivity contribution in [1.29, 1.82) is 0 Å². The Morgan fingerprint density at radius 2 is 1.33 bits per heavy atom. The zero-order valence-corrected chi connectivity index (χ0v) is 14.3. The number of amides is 2. The summed E-state index contributed by atoms with van der Waals surface area (Å²) in [6.07, 6.45) is 0. The summed E-state index contributed by atoms with van der Waals surface area (Å²) in [6, 6.07) is 25.0. The minimum absolute atomic E-state index is 0.212. The first-order valence-corrected chi connectivity index (χ1v) is 8.45. The number of nitrogens with one attached hydrogen (secondary N) is 2. The van der Waals surface area contributed by atoms with E-state index in [0.717, 1.165) is 5.39 Å². The van der Waals surface area contributed by atoms with Crippen molar-refractivity contribution < 1.29 is 14.0 Å². The molecule has 132 valence electrons. The summed E-state index contributed by atoms with van der Waals surface area (Å²) in [4.78, 5) is 24.7. The zero-order valence-electron chi connectivity index (χ0n) is 14.3. The number of rotatable bonds is 4. The van der Waals surface area contributed by atoms with Crippen LogP contribution in [0.4, 0.5) is 11.4 Å². The van der Waals surface area contributed by atoms with Gasteiger partial charge in [0.1, 0.15) is 5.58 Å². The summed E-state index contributed by atoms with van der Waals surface area (Å²) >= 11 is 0. The molecule has 0 saturated carbocycles. The molecule has 0 saturated heterocycles. The Balaban J connectivity index is 1.49. The molecular weight excluding hydrogens is 340 g/mol. The number of hydrogen-bond acceptors (Lipinski definition) is 3. The smallest absolute Gasteiger partial charge is 0.291 e. The molecule has 0 spiro atoms. The summed E-state index contributed by atoms with van der Waals surface area (Å²) in [5, 5.41) is 6.48. The minimum Gasteiger partial charge on any atom is -0.451 e. The molecule has 0 unspecified atom stereocenters. The van der Waals surface area contributed by atoms with E-state index in [2.05, 4.69) is 10.6 Å². The van der Waals surface area contributed by atoms with Crippen LogP contribution in [0, 0.1) is 0 Å². The van der Waals surface area contributed by atoms with Crippen molar-refractivity contribution in [3.05, 3.63) is 96.3 Å². The molecule has 2 N–H and O–H groups in total. The summed E-state index contributed by atoms with van der Waals surface area (Å²) in [6.45, 7) is 0. The van der Waals surface area contributed by atoms with Crippen molar-refractivity contribution in [1.82, 2.24) is 0 Å². The van der Waals surface area contributed by atoms with Gasteiger partial charge in [-0.15, -0.1) is 0 Å². The second-order valence-electron chi connectivity index (χ2n) is 6.00. The Morgan fingerprint density at radius 1 is 0.667 bits per heavy atom. The Kier molecular flexibility index (Phi) is 4.41. The third-order valence-electron chi connectivity index (χ3n) is 4.06. The van der Waals surface area contributed by atoms with Gasteiger partial charge in [0.25, 0.3) is 11.8 Å². The molecule has 0 fully saturated rings. The number of fused-ring (bicyclic) bond motifs is 1. The van der Waals surface area contributed by atoms with E-state index in [1.54, 1.807) is 54.6 Å². The highest BCUT2D eigenvalue weighted by atomic mass is 16.3. The van der Waals surface area contributed by atoms with Crippen LogP contribution in [0.3, 0.4) is 0 Å². The van der Waals surface area contributed by atoms with E-state index in [1.165, 1.54) is 0 Å². The second-order valence-corrected chi connectivity index (χ2v) is 6.00. The van der Waals surface area contributed by atoms with Gasteiger partial charge < -0.3 is 15.1 Å². The van der Waals surface area contributed by atoms with E-state index in [1.807, 2.05) is 30.3 Å². The van der Waals surface area contributed by atoms with Crippen molar-refractivity contribution >= 4 is 34.2 Å². The first-order chi connectivity index (χ1) is 13.2. The van der Waals surface area contributed by atoms with Crippen molar-refractivity contribution in [3.63, 3.8) is 0 Å². The average Bonchev–Trinajstić information content (AvgIpc) is 3.13. The predicted octanol–water partition coefficient (Wildman–Crippen LogP) is 4.94. The molecule has 0 aliphatic rings. The third-order valence-corrected chi connectivity index (χ3v) is 4.06. The van der Waals surface area contributed by atoms with E-state index in [9.17, 15) is 9.59 Å². The number of anilines is 2. The summed E-state index contributed by atoms with van der Waals surface area (Å²) in [7, 11) is 0. The maximum absolute atomic E-state index is 12.4. The Labute approximate surface area is 155 Å². The molecular formula is C22H16N2O3. The number of furan rings is 1. The molecule has 0 bridgehead atoms. The van der Waals surface area contributed by atoms with E-state index in [4.69, 9.17) is 4.42 Å². The van der Waals surface area contributed by atoms with Crippen LogP contribution >= 0.6 is 0 Å². The van der Waals surface area contributed by atoms with Crippen LogP contribution in [0.25, 0.3) is 11.0 Å². The second kappa shape index (κ2) is 7.17. The molecule has 1 aromatic heterocycles. The molecule has 0 atom stereocenters. The Hall–Kier alpha value is -3.86. The number of carbonyl (C=O) groups is 2. The van der Waals surface area contributed by atoms with Crippen LogP contribution in [0.15, 0.2) is 89.3 Å². The standard InChI is InChI=1S/C22H16N2O3/c25-21(15-7-2-1-3-8-15)23-17-10-6-11-18(14-17)24-22(26)20-13-16-9-4-5-12-19(16)27-20/h1-14H,(H,23,25)(H,24,26). The van der Waals surface area contributed by atoms with Crippen molar-refractivity contribution in [2.75, 3.05) is 10.6 Å². The fraction of sp³-hybridized carbons (Fsp3) is 0. The molecule has 5 nitrogen and oxygen atoms in total. The number of carbonyl (C=O) groups excluding carboxylic acids is 2. The maximum Gasteiger partial charge on any atom is 0.291 e. The van der Waals surface area contributed by atoms with Gasteiger partial charge in [0, 0.05) is 22.3 Å². The monoisotopic (exact) mass is 356 g/mol. The van der Waals surface area contributed by atoms with Crippen LogP contribution in [-0.2, 0) is 0 Å². The highest BCUT2D eigenvalue weighted by Crippen LogP contribution is 2.21. The van der Waals surface area contributed by atoms with Crippen molar-refractivity contribution in [2.45, 2.75) is 0 Å². The number of para-hydroxylation sites is 1. The SMILES string of the molecule is O=C(Nc1cccc(NC(=O)c2cc3ccccc3o2)c1)c1ccccc1. The van der Waals surface area contributed by atoms with Gasteiger partial charge in [-0.2, -0.15) is 0 Å². The van der Waals surface area contributed by atoms with Crippen LogP contribution in [0.1, 0.15) is 20.9 Å². The highest BCUT2D eigenvalue weighted by molar-refractivity contribution is 6.06. The topological polar surface area (TPSA) is 71.3 Å². The van der Waals surface area contributed by atoms with E-state index in [0.29, 0.717) is 22.5 Å². The van der Waals surface area contributed by atoms with Crippen molar-refractivity contribution in [3.8, 4) is 0 Å². The third kappa shape index (κ3) is 3.72. The molecule has 4 rings (SSSR count). The molecule has 0 radical (unpaired) electrons. The van der Waals surface area contributed by atoms with Gasteiger partial charge in [-0.3, -0.25) is 9.59 Å². The Bertz CT molecular complexity index is 1080. The highest BCUT2D eigenvalue weighted by Gasteiger charge is 2.13. The summed E-state index contributed by atoms with van der Waals surface area (Å²) in [5.74, 6) is -0.330. The molecule has 2 amide bonds. The molecule has 5 heteroatoms. The van der Waals surface area contributed by atoms with Gasteiger partial charge in [-0.05, 0) is 42.5 Å². The molecule has 4 aromatic rings. The lowest BCUT2D eigenvalue weighted by molar-refractivity contribution is 0.0997. The lowest BCUT2D eigenvalue weighted by atomic mass is 10.2. The Morgan fingerprint density at radius 3 is 2.07 bits per heavy atom. The lowest BCUT2D eigenvalue weighted by Gasteiger charge is -2.08. The van der Waals surface area contributed by atoms with Crippen LogP contribution in [0.5, 0.6) is 0 Å². The largest absolute Gasteiger partial charge is 0.451 e. The van der Waals surface area contributed by atoms with Crippen LogP contribution in [-0.4, -0.2) is 11.8 Å². The number of benzene rings is 3. The first kappa shape index (κ1) is 16.6. The van der Waals surface area contributed by atoms with Gasteiger partial charge in [-0.1, -0.05) is 42.5 Å². The fourth-order valence-corrected chi connectivity index (χ4v) is 2.75. The quantitative estimate of drug-likeness (QED) is 0.544. The number of hydrogen-bond donors (Lipinski definition) is 2. The average molecular weight is 356 g/mol. The van der Waals surface area contributed by atoms with Gasteiger partial charge >= 0.3 is 0 Å². The van der Waals surface area contributed by atoms with Crippen LogP contribution in [0.2, 0.25) is 0 Å². The first-order valence-electron chi connectivity index (χ1n) is 8.45. The molecule has 0 aliphatic carbocycles. The summed E-state index contributed by atoms with van der Waals surface area (Å²) in [5.41, 5.74) is 2.37. The van der Waals surface area contributed by atoms with Gasteiger partial charge in [0.2, 0.25) is 0 Å². The van der Waals surface area contributed by atoms with Gasteiger partial charge in [-0.25, -0.2) is 0 Å². The van der Waals surface area contributed by atoms with Gasteiger partial charge in [0.15, 0.2) is 5.76 Å². The maximum atomic E-state index is 12.4. The predicted molar refractivity (Wildman–Crippen MR) is 105 cm³/mol. The molecule has 1 heterocycles. The zero-order chi connectivity index (χ0) is 18.6. The normalized spacial score (nSPS) is 10.5. The molecule has 27 heavy (non-hydrogen) atoms.